The van der Waals surface area contributed by atoms with Crippen LogP contribution in [-0.4, -0.2) is 29.1 Å². The SMILES string of the molecule is CCCCC(CCCCCN)(NC(=O)CC)C(=O)NO. The molecule has 0 aromatic heterocycles. The van der Waals surface area contributed by atoms with Crippen LogP contribution in [0.15, 0.2) is 0 Å². The van der Waals surface area contributed by atoms with Crippen molar-refractivity contribution < 1.29 is 14.8 Å². The summed E-state index contributed by atoms with van der Waals surface area (Å²) in [5.74, 6) is -0.705. The second-order valence-corrected chi connectivity index (χ2v) is 5.13. The van der Waals surface area contributed by atoms with Gasteiger partial charge < -0.3 is 11.1 Å². The maximum atomic E-state index is 12.1. The lowest BCUT2D eigenvalue weighted by Gasteiger charge is -2.32. The molecule has 0 aliphatic carbocycles. The molecule has 0 fully saturated rings. The molecule has 0 bridgehead atoms. The van der Waals surface area contributed by atoms with Crippen molar-refractivity contribution in [3.8, 4) is 0 Å². The van der Waals surface area contributed by atoms with Crippen LogP contribution in [0.1, 0.15) is 65.2 Å². The summed E-state index contributed by atoms with van der Waals surface area (Å²) in [4.78, 5) is 23.8. The minimum absolute atomic E-state index is 0.177. The Bertz CT molecular complexity index is 297. The first-order valence-electron chi connectivity index (χ1n) is 7.51. The third-order valence-electron chi connectivity index (χ3n) is 3.50. The van der Waals surface area contributed by atoms with E-state index in [1.54, 1.807) is 12.4 Å². The van der Waals surface area contributed by atoms with E-state index in [1.165, 1.54) is 0 Å². The quantitative estimate of drug-likeness (QED) is 0.262. The highest BCUT2D eigenvalue weighted by atomic mass is 16.5. The maximum Gasteiger partial charge on any atom is 0.269 e. The summed E-state index contributed by atoms with van der Waals surface area (Å²) < 4.78 is 0. The zero-order chi connectivity index (χ0) is 15.4. The summed E-state index contributed by atoms with van der Waals surface area (Å²) in [6, 6.07) is 0. The fourth-order valence-electron chi connectivity index (χ4n) is 2.22. The molecule has 20 heavy (non-hydrogen) atoms. The fraction of sp³-hybridized carbons (Fsp3) is 0.857. The van der Waals surface area contributed by atoms with Gasteiger partial charge in [-0.3, -0.25) is 14.8 Å². The number of rotatable bonds is 11. The topological polar surface area (TPSA) is 104 Å². The van der Waals surface area contributed by atoms with Gasteiger partial charge in [-0.1, -0.05) is 39.5 Å². The van der Waals surface area contributed by atoms with Crippen LogP contribution in [-0.2, 0) is 9.59 Å². The van der Waals surface area contributed by atoms with Gasteiger partial charge in [0.1, 0.15) is 5.54 Å². The van der Waals surface area contributed by atoms with E-state index < -0.39 is 11.4 Å². The molecule has 0 aromatic rings. The van der Waals surface area contributed by atoms with Crippen molar-refractivity contribution in [3.05, 3.63) is 0 Å². The predicted molar refractivity (Wildman–Crippen MR) is 78.1 cm³/mol. The molecule has 0 rings (SSSR count). The Kier molecular flexibility index (Phi) is 10.0. The van der Waals surface area contributed by atoms with E-state index in [9.17, 15) is 9.59 Å². The van der Waals surface area contributed by atoms with E-state index in [1.807, 2.05) is 6.92 Å². The Hall–Kier alpha value is -1.14. The van der Waals surface area contributed by atoms with Crippen molar-refractivity contribution in [2.24, 2.45) is 5.73 Å². The van der Waals surface area contributed by atoms with Crippen molar-refractivity contribution in [1.82, 2.24) is 10.8 Å². The van der Waals surface area contributed by atoms with Gasteiger partial charge in [-0.2, -0.15) is 0 Å². The molecule has 6 nitrogen and oxygen atoms in total. The van der Waals surface area contributed by atoms with Crippen LogP contribution in [0.4, 0.5) is 0 Å². The van der Waals surface area contributed by atoms with Crippen molar-refractivity contribution >= 4 is 11.8 Å². The molecule has 1 atom stereocenters. The molecule has 0 aromatic carbocycles. The second-order valence-electron chi connectivity index (χ2n) is 5.13. The molecule has 118 valence electrons. The molecule has 0 saturated carbocycles. The first-order valence-corrected chi connectivity index (χ1v) is 7.51. The number of carbonyl (C=O) groups is 2. The number of carbonyl (C=O) groups excluding carboxylic acids is 2. The maximum absolute atomic E-state index is 12.1. The summed E-state index contributed by atoms with van der Waals surface area (Å²) in [7, 11) is 0. The van der Waals surface area contributed by atoms with Crippen molar-refractivity contribution in [2.45, 2.75) is 70.8 Å². The lowest BCUT2D eigenvalue weighted by atomic mass is 9.85. The number of unbranched alkanes of at least 4 members (excludes halogenated alkanes) is 3. The van der Waals surface area contributed by atoms with Gasteiger partial charge in [-0.25, -0.2) is 5.48 Å². The molecule has 6 heteroatoms. The molecule has 2 amide bonds. The van der Waals surface area contributed by atoms with Crippen LogP contribution in [0.25, 0.3) is 0 Å². The summed E-state index contributed by atoms with van der Waals surface area (Å²) in [6.07, 6.45) is 5.69. The van der Waals surface area contributed by atoms with Gasteiger partial charge in [0.15, 0.2) is 0 Å². The first kappa shape index (κ1) is 18.9. The highest BCUT2D eigenvalue weighted by molar-refractivity contribution is 5.90. The van der Waals surface area contributed by atoms with Gasteiger partial charge in [-0.05, 0) is 25.8 Å². The number of hydrogen-bond acceptors (Lipinski definition) is 4. The molecule has 0 radical (unpaired) electrons. The van der Waals surface area contributed by atoms with Crippen molar-refractivity contribution in [1.29, 1.82) is 0 Å². The van der Waals surface area contributed by atoms with Crippen LogP contribution in [0, 0.1) is 0 Å². The molecule has 0 spiro atoms. The first-order chi connectivity index (χ1) is 9.56. The Morgan fingerprint density at radius 1 is 1.10 bits per heavy atom. The monoisotopic (exact) mass is 287 g/mol. The number of hydrogen-bond donors (Lipinski definition) is 4. The van der Waals surface area contributed by atoms with Gasteiger partial charge in [0, 0.05) is 6.42 Å². The number of amides is 2. The zero-order valence-electron chi connectivity index (χ0n) is 12.7. The van der Waals surface area contributed by atoms with Crippen molar-refractivity contribution in [2.75, 3.05) is 6.54 Å². The molecule has 0 aliphatic rings. The highest BCUT2D eigenvalue weighted by Crippen LogP contribution is 2.23. The van der Waals surface area contributed by atoms with E-state index >= 15 is 0 Å². The summed E-state index contributed by atoms with van der Waals surface area (Å²) in [6.45, 7) is 4.39. The van der Waals surface area contributed by atoms with Crippen LogP contribution in [0.5, 0.6) is 0 Å². The number of nitrogens with two attached hydrogens (primary N) is 1. The Morgan fingerprint density at radius 3 is 2.25 bits per heavy atom. The minimum Gasteiger partial charge on any atom is -0.342 e. The second kappa shape index (κ2) is 10.6. The highest BCUT2D eigenvalue weighted by Gasteiger charge is 2.38. The van der Waals surface area contributed by atoms with E-state index in [-0.39, 0.29) is 5.91 Å². The van der Waals surface area contributed by atoms with Gasteiger partial charge in [-0.15, -0.1) is 0 Å². The Morgan fingerprint density at radius 2 is 1.75 bits per heavy atom. The largest absolute Gasteiger partial charge is 0.342 e. The summed E-state index contributed by atoms with van der Waals surface area (Å²) in [5, 5.41) is 11.8. The van der Waals surface area contributed by atoms with Crippen LogP contribution < -0.4 is 16.5 Å². The lowest BCUT2D eigenvalue weighted by Crippen LogP contribution is -2.58. The van der Waals surface area contributed by atoms with Gasteiger partial charge in [0.05, 0.1) is 0 Å². The Balaban J connectivity index is 4.88. The Labute approximate surface area is 121 Å². The summed E-state index contributed by atoms with van der Waals surface area (Å²) in [5.41, 5.74) is 6.16. The normalized spacial score (nSPS) is 13.6. The molecule has 0 aliphatic heterocycles. The predicted octanol–water partition coefficient (Wildman–Crippen LogP) is 1.47. The minimum atomic E-state index is -1.01. The molecule has 1 unspecified atom stereocenters. The average Bonchev–Trinajstić information content (AvgIpc) is 2.47. The number of nitrogens with one attached hydrogen (secondary N) is 2. The van der Waals surface area contributed by atoms with Gasteiger partial charge in [0.25, 0.3) is 5.91 Å². The smallest absolute Gasteiger partial charge is 0.269 e. The van der Waals surface area contributed by atoms with E-state index in [0.29, 0.717) is 25.8 Å². The fourth-order valence-corrected chi connectivity index (χ4v) is 2.22. The standard InChI is InChI=1S/C14H29N3O3/c1-3-5-9-14(13(19)17-20,16-12(18)4-2)10-7-6-8-11-15/h20H,3-11,15H2,1-2H3,(H,16,18)(H,17,19). The average molecular weight is 287 g/mol. The van der Waals surface area contributed by atoms with E-state index in [0.717, 1.165) is 32.1 Å². The van der Waals surface area contributed by atoms with Crippen LogP contribution in [0.2, 0.25) is 0 Å². The zero-order valence-corrected chi connectivity index (χ0v) is 12.7. The molecular formula is C14H29N3O3. The van der Waals surface area contributed by atoms with Gasteiger partial charge in [0.2, 0.25) is 5.91 Å². The van der Waals surface area contributed by atoms with E-state index in [4.69, 9.17) is 10.9 Å². The third-order valence-corrected chi connectivity index (χ3v) is 3.50. The number of hydroxylamine groups is 1. The van der Waals surface area contributed by atoms with Crippen LogP contribution in [0.3, 0.4) is 0 Å². The molecule has 0 saturated heterocycles. The van der Waals surface area contributed by atoms with Gasteiger partial charge >= 0.3 is 0 Å². The van der Waals surface area contributed by atoms with E-state index in [2.05, 4.69) is 5.32 Å². The summed E-state index contributed by atoms with van der Waals surface area (Å²) >= 11 is 0. The van der Waals surface area contributed by atoms with Crippen LogP contribution >= 0.6 is 0 Å². The molecular weight excluding hydrogens is 258 g/mol. The molecule has 0 heterocycles. The lowest BCUT2D eigenvalue weighted by molar-refractivity contribution is -0.140. The third kappa shape index (κ3) is 6.34. The molecule has 5 N–H and O–H groups in total. The van der Waals surface area contributed by atoms with Crippen molar-refractivity contribution in [3.63, 3.8) is 0 Å².